The van der Waals surface area contributed by atoms with Crippen molar-refractivity contribution in [3.63, 3.8) is 0 Å². The van der Waals surface area contributed by atoms with Gasteiger partial charge in [-0.2, -0.15) is 0 Å². The Morgan fingerprint density at radius 2 is 2.15 bits per heavy atom. The fraction of sp³-hybridized carbons (Fsp3) is 0.350. The van der Waals surface area contributed by atoms with Gasteiger partial charge >= 0.3 is 0 Å². The zero-order chi connectivity index (χ0) is 18.5. The minimum Gasteiger partial charge on any atom is -0.497 e. The van der Waals surface area contributed by atoms with E-state index in [1.807, 2.05) is 37.3 Å². The molecule has 0 aromatic heterocycles. The molecule has 2 aromatic rings. The molecule has 0 amide bonds. The molecule has 1 atom stereocenters. The molecule has 1 aliphatic heterocycles. The lowest BCUT2D eigenvalue weighted by Crippen LogP contribution is -2.28. The molecule has 0 spiro atoms. The Bertz CT molecular complexity index is 795. The van der Waals surface area contributed by atoms with Gasteiger partial charge in [0.15, 0.2) is 5.11 Å². The summed E-state index contributed by atoms with van der Waals surface area (Å²) in [5, 5.41) is 6.93. The van der Waals surface area contributed by atoms with Gasteiger partial charge in [-0.05, 0) is 50.3 Å². The van der Waals surface area contributed by atoms with Crippen LogP contribution in [0.4, 0.5) is 5.69 Å². The van der Waals surface area contributed by atoms with Crippen LogP contribution in [0.15, 0.2) is 36.4 Å². The van der Waals surface area contributed by atoms with Crippen molar-refractivity contribution < 1.29 is 14.2 Å². The minimum atomic E-state index is 0.207. The van der Waals surface area contributed by atoms with Crippen LogP contribution in [0.25, 0.3) is 0 Å². The highest BCUT2D eigenvalue weighted by Crippen LogP contribution is 2.35. The smallest absolute Gasteiger partial charge is 0.171 e. The van der Waals surface area contributed by atoms with E-state index < -0.39 is 0 Å². The van der Waals surface area contributed by atoms with Gasteiger partial charge in [-0.1, -0.05) is 6.07 Å². The normalized spacial score (nSPS) is 15.0. The number of benzene rings is 2. The summed E-state index contributed by atoms with van der Waals surface area (Å²) in [6.07, 6.45) is 1.12. The van der Waals surface area contributed by atoms with Gasteiger partial charge in [0.05, 0.1) is 13.7 Å². The number of hydrogen-bond acceptors (Lipinski definition) is 4. The summed E-state index contributed by atoms with van der Waals surface area (Å²) in [4.78, 5) is 0. The van der Waals surface area contributed by atoms with Crippen LogP contribution in [0.3, 0.4) is 0 Å². The number of thiocarbonyl (C=S) groups is 1. The van der Waals surface area contributed by atoms with E-state index in [1.54, 1.807) is 7.11 Å². The van der Waals surface area contributed by atoms with E-state index in [0.717, 1.165) is 34.9 Å². The molecular formula is C20H24N2O3S. The molecule has 0 radical (unpaired) electrons. The number of anilines is 1. The maximum atomic E-state index is 5.86. The predicted octanol–water partition coefficient (Wildman–Crippen LogP) is 3.90. The molecule has 2 aromatic carbocycles. The van der Waals surface area contributed by atoms with Crippen molar-refractivity contribution in [3.05, 3.63) is 47.5 Å². The third kappa shape index (κ3) is 4.38. The van der Waals surface area contributed by atoms with Crippen LogP contribution in [0, 0.1) is 0 Å². The van der Waals surface area contributed by atoms with Crippen molar-refractivity contribution in [1.29, 1.82) is 0 Å². The van der Waals surface area contributed by atoms with Crippen LogP contribution in [0.2, 0.25) is 0 Å². The van der Waals surface area contributed by atoms with Crippen molar-refractivity contribution in [1.82, 2.24) is 5.32 Å². The molecule has 0 fully saturated rings. The minimum absolute atomic E-state index is 0.207. The first kappa shape index (κ1) is 18.3. The van der Waals surface area contributed by atoms with Gasteiger partial charge in [0.1, 0.15) is 23.4 Å². The standard InChI is InChI=1S/C20H24N2O3S/c1-4-24-18-9-14-8-13(2)25-19(14)10-15(18)12-21-20(26)22-16-6-5-7-17(11-16)23-3/h5-7,9-11,13H,4,8,12H2,1-3H3,(H2,21,22,26)/t13-/m0/s1. The molecule has 1 aliphatic rings. The van der Waals surface area contributed by atoms with E-state index in [9.17, 15) is 0 Å². The zero-order valence-corrected chi connectivity index (χ0v) is 16.1. The molecule has 2 N–H and O–H groups in total. The Balaban J connectivity index is 1.66. The van der Waals surface area contributed by atoms with Crippen LogP contribution in [-0.4, -0.2) is 24.9 Å². The van der Waals surface area contributed by atoms with E-state index in [-0.39, 0.29) is 6.10 Å². The van der Waals surface area contributed by atoms with Crippen LogP contribution in [-0.2, 0) is 13.0 Å². The quantitative estimate of drug-likeness (QED) is 0.750. The van der Waals surface area contributed by atoms with E-state index in [0.29, 0.717) is 18.3 Å². The number of fused-ring (bicyclic) bond motifs is 1. The monoisotopic (exact) mass is 372 g/mol. The second kappa shape index (κ2) is 8.27. The summed E-state index contributed by atoms with van der Waals surface area (Å²) in [7, 11) is 1.64. The van der Waals surface area contributed by atoms with Gasteiger partial charge < -0.3 is 24.8 Å². The number of nitrogens with one attached hydrogen (secondary N) is 2. The van der Waals surface area contributed by atoms with Crippen molar-refractivity contribution in [2.45, 2.75) is 32.9 Å². The summed E-state index contributed by atoms with van der Waals surface area (Å²) in [6.45, 7) is 5.23. The third-order valence-electron chi connectivity index (χ3n) is 4.15. The van der Waals surface area contributed by atoms with Crippen molar-refractivity contribution in [2.75, 3.05) is 19.0 Å². The third-order valence-corrected chi connectivity index (χ3v) is 4.39. The fourth-order valence-electron chi connectivity index (χ4n) is 2.96. The summed E-state index contributed by atoms with van der Waals surface area (Å²) in [6, 6.07) is 11.8. The second-order valence-electron chi connectivity index (χ2n) is 6.17. The largest absolute Gasteiger partial charge is 0.497 e. The summed E-state index contributed by atoms with van der Waals surface area (Å²) in [5.74, 6) is 2.59. The van der Waals surface area contributed by atoms with Gasteiger partial charge in [-0.25, -0.2) is 0 Å². The molecule has 0 unspecified atom stereocenters. The lowest BCUT2D eigenvalue weighted by molar-refractivity contribution is 0.254. The average Bonchev–Trinajstić information content (AvgIpc) is 2.99. The molecule has 6 heteroatoms. The topological polar surface area (TPSA) is 51.8 Å². The summed E-state index contributed by atoms with van der Waals surface area (Å²) < 4.78 is 16.9. The number of rotatable bonds is 6. The fourth-order valence-corrected chi connectivity index (χ4v) is 3.15. The number of methoxy groups -OCH3 is 1. The Hall–Kier alpha value is -2.47. The highest BCUT2D eigenvalue weighted by molar-refractivity contribution is 7.80. The van der Waals surface area contributed by atoms with Crippen LogP contribution < -0.4 is 24.8 Å². The molecule has 138 valence electrons. The number of hydrogen-bond donors (Lipinski definition) is 2. The molecule has 1 heterocycles. The first-order valence-corrected chi connectivity index (χ1v) is 9.14. The van der Waals surface area contributed by atoms with Crippen molar-refractivity contribution in [2.24, 2.45) is 0 Å². The number of ether oxygens (including phenoxy) is 3. The predicted molar refractivity (Wildman–Crippen MR) is 107 cm³/mol. The average molecular weight is 372 g/mol. The Morgan fingerprint density at radius 3 is 2.92 bits per heavy atom. The van der Waals surface area contributed by atoms with E-state index in [1.165, 1.54) is 5.56 Å². The van der Waals surface area contributed by atoms with Crippen LogP contribution >= 0.6 is 12.2 Å². The zero-order valence-electron chi connectivity index (χ0n) is 15.3. The molecule has 26 heavy (non-hydrogen) atoms. The van der Waals surface area contributed by atoms with Gasteiger partial charge in [0.25, 0.3) is 0 Å². The van der Waals surface area contributed by atoms with Crippen LogP contribution in [0.5, 0.6) is 17.2 Å². The van der Waals surface area contributed by atoms with E-state index >= 15 is 0 Å². The summed E-state index contributed by atoms with van der Waals surface area (Å²) >= 11 is 5.41. The van der Waals surface area contributed by atoms with Crippen molar-refractivity contribution in [3.8, 4) is 17.2 Å². The lowest BCUT2D eigenvalue weighted by Gasteiger charge is -2.15. The molecule has 0 saturated carbocycles. The Morgan fingerprint density at radius 1 is 1.31 bits per heavy atom. The van der Waals surface area contributed by atoms with Gasteiger partial charge in [0, 0.05) is 35.8 Å². The highest BCUT2D eigenvalue weighted by Gasteiger charge is 2.21. The van der Waals surface area contributed by atoms with E-state index in [2.05, 4.69) is 23.6 Å². The summed E-state index contributed by atoms with van der Waals surface area (Å²) in [5.41, 5.74) is 3.09. The van der Waals surface area contributed by atoms with Gasteiger partial charge in [-0.15, -0.1) is 0 Å². The van der Waals surface area contributed by atoms with Gasteiger partial charge in [0.2, 0.25) is 0 Å². The maximum Gasteiger partial charge on any atom is 0.171 e. The SMILES string of the molecule is CCOc1cc2c(cc1CNC(=S)Nc1cccc(OC)c1)O[C@@H](C)C2. The maximum absolute atomic E-state index is 5.86. The molecule has 5 nitrogen and oxygen atoms in total. The first-order valence-electron chi connectivity index (χ1n) is 8.73. The molecule has 0 aliphatic carbocycles. The first-order chi connectivity index (χ1) is 12.6. The molecular weight excluding hydrogens is 348 g/mol. The van der Waals surface area contributed by atoms with Crippen LogP contribution in [0.1, 0.15) is 25.0 Å². The molecule has 3 rings (SSSR count). The molecule has 0 saturated heterocycles. The highest BCUT2D eigenvalue weighted by atomic mass is 32.1. The Labute approximate surface area is 159 Å². The Kier molecular flexibility index (Phi) is 5.83. The van der Waals surface area contributed by atoms with Gasteiger partial charge in [-0.3, -0.25) is 0 Å². The molecule has 0 bridgehead atoms. The lowest BCUT2D eigenvalue weighted by atomic mass is 10.1. The van der Waals surface area contributed by atoms with Crippen molar-refractivity contribution >= 4 is 23.0 Å². The second-order valence-corrected chi connectivity index (χ2v) is 6.58. The van der Waals surface area contributed by atoms with E-state index in [4.69, 9.17) is 26.4 Å².